The number of benzene rings is 2. The first-order valence-corrected chi connectivity index (χ1v) is 10.7. The van der Waals surface area contributed by atoms with Crippen LogP contribution in [-0.4, -0.2) is 0 Å². The van der Waals surface area contributed by atoms with Gasteiger partial charge in [-0.25, -0.2) is 0 Å². The zero-order valence-electron chi connectivity index (χ0n) is 17.0. The Morgan fingerprint density at radius 3 is 2.07 bits per heavy atom. The molecule has 2 aromatic rings. The summed E-state index contributed by atoms with van der Waals surface area (Å²) >= 11 is 0. The van der Waals surface area contributed by atoms with Crippen molar-refractivity contribution in [3.8, 4) is 17.2 Å². The summed E-state index contributed by atoms with van der Waals surface area (Å²) < 4.78 is 0. The first kappa shape index (κ1) is 19.7. The molecule has 2 aromatic carbocycles. The van der Waals surface area contributed by atoms with Gasteiger partial charge in [0.15, 0.2) is 0 Å². The van der Waals surface area contributed by atoms with Crippen LogP contribution < -0.4 is 0 Å². The highest BCUT2D eigenvalue weighted by atomic mass is 14.4. The third-order valence-electron chi connectivity index (χ3n) is 6.28. The second-order valence-electron chi connectivity index (χ2n) is 8.59. The fourth-order valence-corrected chi connectivity index (χ4v) is 4.54. The molecule has 1 heteroatoms. The van der Waals surface area contributed by atoms with Gasteiger partial charge in [0.2, 0.25) is 0 Å². The Kier molecular flexibility index (Phi) is 6.73. The Bertz CT molecular complexity index is 750. The zero-order chi connectivity index (χ0) is 19.1. The molecule has 0 radical (unpaired) electrons. The van der Waals surface area contributed by atoms with E-state index in [1.165, 1.54) is 54.4 Å². The number of rotatable bonds is 7. The third kappa shape index (κ3) is 5.23. The lowest BCUT2D eigenvalue weighted by Crippen LogP contribution is -2.26. The maximum absolute atomic E-state index is 9.76. The molecule has 0 bridgehead atoms. The van der Waals surface area contributed by atoms with Gasteiger partial charge in [0.1, 0.15) is 0 Å². The molecule has 0 spiro atoms. The van der Waals surface area contributed by atoms with E-state index in [2.05, 4.69) is 68.4 Å². The number of nitriles is 1. The lowest BCUT2D eigenvalue weighted by molar-refractivity contribution is 0.197. The fraction of sp³-hybridized carbons (Fsp3) is 0.500. The Hall–Kier alpha value is -2.07. The van der Waals surface area contributed by atoms with Crippen LogP contribution in [0.4, 0.5) is 0 Å². The molecule has 1 aliphatic carbocycles. The monoisotopic (exact) mass is 359 g/mol. The molecule has 3 rings (SSSR count). The largest absolute Gasteiger partial charge is 0.198 e. The van der Waals surface area contributed by atoms with E-state index in [4.69, 9.17) is 0 Å². The van der Waals surface area contributed by atoms with Gasteiger partial charge in [0.25, 0.3) is 0 Å². The molecule has 0 aliphatic heterocycles. The van der Waals surface area contributed by atoms with Crippen molar-refractivity contribution in [3.63, 3.8) is 0 Å². The van der Waals surface area contributed by atoms with Crippen molar-refractivity contribution in [3.05, 3.63) is 59.7 Å². The van der Waals surface area contributed by atoms with Crippen LogP contribution in [0.15, 0.2) is 48.5 Å². The normalized spacial score (nSPS) is 22.3. The van der Waals surface area contributed by atoms with E-state index >= 15 is 0 Å². The molecule has 0 N–H and O–H groups in total. The van der Waals surface area contributed by atoms with Crippen molar-refractivity contribution < 1.29 is 0 Å². The van der Waals surface area contributed by atoms with Crippen molar-refractivity contribution in [2.75, 3.05) is 0 Å². The molecule has 1 fully saturated rings. The van der Waals surface area contributed by atoms with E-state index in [9.17, 15) is 5.26 Å². The highest BCUT2D eigenvalue weighted by Crippen LogP contribution is 2.42. The molecule has 0 amide bonds. The van der Waals surface area contributed by atoms with E-state index in [0.29, 0.717) is 5.92 Å². The highest BCUT2D eigenvalue weighted by molar-refractivity contribution is 5.64. The van der Waals surface area contributed by atoms with Gasteiger partial charge in [-0.3, -0.25) is 0 Å². The summed E-state index contributed by atoms with van der Waals surface area (Å²) in [6.45, 7) is 4.54. The van der Waals surface area contributed by atoms with E-state index in [1.807, 2.05) is 0 Å². The molecule has 0 heterocycles. The van der Waals surface area contributed by atoms with Gasteiger partial charge in [-0.05, 0) is 66.7 Å². The van der Waals surface area contributed by atoms with Crippen molar-refractivity contribution >= 4 is 0 Å². The molecule has 1 aliphatic rings. The van der Waals surface area contributed by atoms with Crippen LogP contribution in [0, 0.1) is 22.7 Å². The van der Waals surface area contributed by atoms with Crippen molar-refractivity contribution in [2.45, 2.75) is 71.6 Å². The molecule has 1 nitrogen and oxygen atoms in total. The molecular formula is C26H33N. The van der Waals surface area contributed by atoms with Crippen LogP contribution in [0.2, 0.25) is 0 Å². The summed E-state index contributed by atoms with van der Waals surface area (Å²) in [5.41, 5.74) is 5.26. The van der Waals surface area contributed by atoms with Crippen molar-refractivity contribution in [1.29, 1.82) is 5.26 Å². The summed E-state index contributed by atoms with van der Waals surface area (Å²) in [6, 6.07) is 20.7. The summed E-state index contributed by atoms with van der Waals surface area (Å²) in [5.74, 6) is 0.695. The number of nitrogens with zero attached hydrogens (tertiary/aromatic N) is 1. The topological polar surface area (TPSA) is 23.8 Å². The molecule has 0 aromatic heterocycles. The minimum absolute atomic E-state index is 0.0926. The number of aryl methyl sites for hydroxylation is 2. The lowest BCUT2D eigenvalue weighted by atomic mass is 9.68. The first-order valence-electron chi connectivity index (χ1n) is 10.7. The van der Waals surface area contributed by atoms with Crippen LogP contribution in [0.3, 0.4) is 0 Å². The van der Waals surface area contributed by atoms with E-state index in [1.54, 1.807) is 0 Å². The van der Waals surface area contributed by atoms with Gasteiger partial charge in [-0.15, -0.1) is 0 Å². The third-order valence-corrected chi connectivity index (χ3v) is 6.28. The van der Waals surface area contributed by atoms with Gasteiger partial charge in [0.05, 0.1) is 11.5 Å². The first-order chi connectivity index (χ1) is 13.1. The van der Waals surface area contributed by atoms with Crippen molar-refractivity contribution in [1.82, 2.24) is 0 Å². The predicted molar refractivity (Wildman–Crippen MR) is 114 cm³/mol. The highest BCUT2D eigenvalue weighted by Gasteiger charge is 2.34. The van der Waals surface area contributed by atoms with Crippen LogP contribution in [0.25, 0.3) is 11.1 Å². The maximum atomic E-state index is 9.76. The Morgan fingerprint density at radius 1 is 0.963 bits per heavy atom. The summed E-state index contributed by atoms with van der Waals surface area (Å²) in [4.78, 5) is 0. The van der Waals surface area contributed by atoms with Crippen LogP contribution in [0.5, 0.6) is 0 Å². The van der Waals surface area contributed by atoms with Crippen LogP contribution in [0.1, 0.15) is 69.9 Å². The predicted octanol–water partition coefficient (Wildman–Crippen LogP) is 7.35. The molecule has 2 unspecified atom stereocenters. The molecule has 0 saturated heterocycles. The second-order valence-corrected chi connectivity index (χ2v) is 8.59. The summed E-state index contributed by atoms with van der Waals surface area (Å²) in [6.07, 6.45) is 10.3. The van der Waals surface area contributed by atoms with Gasteiger partial charge >= 0.3 is 0 Å². The molecule has 142 valence electrons. The standard InChI is InChI=1S/C26H33N/c1-3-4-7-22-8-12-24(13-9-22)25-14-10-23(11-15-25)16-18-26(20-27)17-5-6-21(2)19-26/h8-15,21H,3-7,16-19H2,1-2H3. The minimum atomic E-state index is -0.0926. The van der Waals surface area contributed by atoms with E-state index in [-0.39, 0.29) is 5.41 Å². The SMILES string of the molecule is CCCCc1ccc(-c2ccc(CCC3(C#N)CCCC(C)C3)cc2)cc1. The Balaban J connectivity index is 1.61. The lowest BCUT2D eigenvalue weighted by Gasteiger charge is -2.34. The van der Waals surface area contributed by atoms with Crippen LogP contribution in [-0.2, 0) is 12.8 Å². The second kappa shape index (κ2) is 9.23. The number of unbranched alkanes of at least 4 members (excludes halogenated alkanes) is 1. The van der Waals surface area contributed by atoms with Crippen LogP contribution >= 0.6 is 0 Å². The number of hydrogen-bond acceptors (Lipinski definition) is 1. The zero-order valence-corrected chi connectivity index (χ0v) is 17.0. The van der Waals surface area contributed by atoms with Crippen molar-refractivity contribution in [2.24, 2.45) is 11.3 Å². The van der Waals surface area contributed by atoms with E-state index in [0.717, 1.165) is 25.7 Å². The van der Waals surface area contributed by atoms with Gasteiger partial charge in [-0.1, -0.05) is 81.6 Å². The summed E-state index contributed by atoms with van der Waals surface area (Å²) in [5, 5.41) is 9.76. The fourth-order valence-electron chi connectivity index (χ4n) is 4.54. The smallest absolute Gasteiger partial charge is 0.0689 e. The average Bonchev–Trinajstić information content (AvgIpc) is 2.71. The van der Waals surface area contributed by atoms with Gasteiger partial charge < -0.3 is 0 Å². The summed E-state index contributed by atoms with van der Waals surface area (Å²) in [7, 11) is 0. The number of hydrogen-bond donors (Lipinski definition) is 0. The Morgan fingerprint density at radius 2 is 1.56 bits per heavy atom. The molecule has 27 heavy (non-hydrogen) atoms. The Labute approximate surface area is 165 Å². The molecule has 1 saturated carbocycles. The molecule has 2 atom stereocenters. The molecular weight excluding hydrogens is 326 g/mol. The average molecular weight is 360 g/mol. The maximum Gasteiger partial charge on any atom is 0.0689 e. The minimum Gasteiger partial charge on any atom is -0.198 e. The van der Waals surface area contributed by atoms with E-state index < -0.39 is 0 Å². The quantitative estimate of drug-likeness (QED) is 0.507. The van der Waals surface area contributed by atoms with Gasteiger partial charge in [0, 0.05) is 0 Å². The van der Waals surface area contributed by atoms with Gasteiger partial charge in [-0.2, -0.15) is 5.26 Å².